The number of terminal acetylenes is 1. The Hall–Kier alpha value is -2.29. The van der Waals surface area contributed by atoms with E-state index in [4.69, 9.17) is 11.4 Å². The van der Waals surface area contributed by atoms with Crippen molar-refractivity contribution < 1.29 is 4.79 Å². The highest BCUT2D eigenvalue weighted by molar-refractivity contribution is 5.78. The van der Waals surface area contributed by atoms with Crippen LogP contribution in [0, 0.1) is 12.3 Å². The van der Waals surface area contributed by atoms with Crippen molar-refractivity contribution in [3.63, 3.8) is 0 Å². The first-order chi connectivity index (χ1) is 12.5. The van der Waals surface area contributed by atoms with Gasteiger partial charge in [0.05, 0.1) is 11.7 Å². The Morgan fingerprint density at radius 3 is 2.88 bits per heavy atom. The molecular formula is C20H25N5O. The minimum absolute atomic E-state index is 0.132. The maximum atomic E-state index is 13.0. The molecule has 0 saturated carbocycles. The first-order valence-electron chi connectivity index (χ1n) is 9.57. The van der Waals surface area contributed by atoms with Gasteiger partial charge in [-0.3, -0.25) is 4.79 Å². The van der Waals surface area contributed by atoms with E-state index in [2.05, 4.69) is 39.9 Å². The molecule has 1 saturated heterocycles. The number of hydrogen-bond acceptors (Lipinski definition) is 5. The molecule has 0 aliphatic carbocycles. The van der Waals surface area contributed by atoms with Gasteiger partial charge in [0, 0.05) is 55.8 Å². The number of nitrogens with zero attached hydrogens (tertiary/aromatic N) is 5. The molecule has 1 amide bonds. The lowest BCUT2D eigenvalue weighted by molar-refractivity contribution is -0.135. The number of carbonyl (C=O) groups excluding carboxylic acids is 1. The van der Waals surface area contributed by atoms with Crippen molar-refractivity contribution in [1.82, 2.24) is 14.9 Å². The lowest BCUT2D eigenvalue weighted by Gasteiger charge is -2.36. The highest BCUT2D eigenvalue weighted by atomic mass is 16.2. The summed E-state index contributed by atoms with van der Waals surface area (Å²) in [5.74, 6) is 4.06. The smallest absolute Gasteiger partial charge is 0.223 e. The van der Waals surface area contributed by atoms with Crippen LogP contribution in [-0.4, -0.2) is 32.5 Å². The second kappa shape index (κ2) is 6.46. The van der Waals surface area contributed by atoms with Crippen molar-refractivity contribution in [2.24, 2.45) is 10.2 Å². The quantitative estimate of drug-likeness (QED) is 0.736. The fourth-order valence-corrected chi connectivity index (χ4v) is 4.26. The highest BCUT2D eigenvalue weighted by Crippen LogP contribution is 2.44. The lowest BCUT2D eigenvalue weighted by Crippen LogP contribution is -2.42. The van der Waals surface area contributed by atoms with Crippen molar-refractivity contribution in [2.45, 2.75) is 82.5 Å². The molecule has 1 aromatic heterocycles. The maximum Gasteiger partial charge on any atom is 0.223 e. The zero-order valence-electron chi connectivity index (χ0n) is 15.5. The van der Waals surface area contributed by atoms with Crippen LogP contribution in [0.4, 0.5) is 0 Å². The van der Waals surface area contributed by atoms with E-state index in [-0.39, 0.29) is 23.7 Å². The number of rotatable bonds is 6. The van der Waals surface area contributed by atoms with Gasteiger partial charge in [-0.1, -0.05) is 13.8 Å². The lowest BCUT2D eigenvalue weighted by atomic mass is 9.96. The van der Waals surface area contributed by atoms with Crippen molar-refractivity contribution >= 4 is 5.91 Å². The first kappa shape index (κ1) is 17.1. The van der Waals surface area contributed by atoms with Crippen LogP contribution in [0.2, 0.25) is 0 Å². The van der Waals surface area contributed by atoms with Gasteiger partial charge in [-0.05, 0) is 12.8 Å². The number of amides is 1. The summed E-state index contributed by atoms with van der Waals surface area (Å²) in [6.07, 6.45) is 12.7. The summed E-state index contributed by atoms with van der Waals surface area (Å²) in [7, 11) is 0. The van der Waals surface area contributed by atoms with Crippen molar-refractivity contribution in [3.05, 3.63) is 23.3 Å². The molecule has 2 bridgehead atoms. The molecule has 0 N–H and O–H groups in total. The normalized spacial score (nSPS) is 24.5. The van der Waals surface area contributed by atoms with Crippen molar-refractivity contribution in [2.75, 3.05) is 0 Å². The molecule has 4 rings (SSSR count). The van der Waals surface area contributed by atoms with Gasteiger partial charge in [0.1, 0.15) is 5.82 Å². The van der Waals surface area contributed by atoms with E-state index in [1.54, 1.807) is 0 Å². The Kier molecular flexibility index (Phi) is 4.26. The van der Waals surface area contributed by atoms with Crippen molar-refractivity contribution in [3.8, 4) is 12.3 Å². The molecular weight excluding hydrogens is 326 g/mol. The summed E-state index contributed by atoms with van der Waals surface area (Å²) in [6.45, 7) is 4.22. The molecule has 1 fully saturated rings. The Labute approximate surface area is 154 Å². The summed E-state index contributed by atoms with van der Waals surface area (Å²) < 4.78 is 0. The van der Waals surface area contributed by atoms with Gasteiger partial charge in [-0.15, -0.1) is 12.3 Å². The average molecular weight is 351 g/mol. The third-order valence-corrected chi connectivity index (χ3v) is 5.81. The van der Waals surface area contributed by atoms with E-state index in [1.807, 2.05) is 6.20 Å². The summed E-state index contributed by atoms with van der Waals surface area (Å²) in [5, 5.41) is 8.29. The summed E-state index contributed by atoms with van der Waals surface area (Å²) >= 11 is 0. The van der Waals surface area contributed by atoms with Gasteiger partial charge in [-0.25, -0.2) is 9.97 Å². The molecule has 0 radical (unpaired) electrons. The zero-order valence-corrected chi connectivity index (χ0v) is 15.5. The predicted octanol–water partition coefficient (Wildman–Crippen LogP) is 3.54. The second-order valence-electron chi connectivity index (χ2n) is 7.92. The summed E-state index contributed by atoms with van der Waals surface area (Å²) in [4.78, 5) is 24.3. The maximum absolute atomic E-state index is 13.0. The van der Waals surface area contributed by atoms with Gasteiger partial charge in [-0.2, -0.15) is 10.2 Å². The number of fused-ring (bicyclic) bond motifs is 4. The van der Waals surface area contributed by atoms with E-state index in [0.29, 0.717) is 25.2 Å². The molecule has 2 unspecified atom stereocenters. The average Bonchev–Trinajstić information content (AvgIpc) is 3.34. The molecule has 26 heavy (non-hydrogen) atoms. The van der Waals surface area contributed by atoms with E-state index in [0.717, 1.165) is 42.8 Å². The molecule has 0 spiro atoms. The topological polar surface area (TPSA) is 70.8 Å². The fraction of sp³-hybridized carbons (Fsp3) is 0.650. The molecule has 3 aliphatic rings. The van der Waals surface area contributed by atoms with E-state index in [1.165, 1.54) is 0 Å². The third-order valence-electron chi connectivity index (χ3n) is 5.81. The predicted molar refractivity (Wildman–Crippen MR) is 97.3 cm³/mol. The summed E-state index contributed by atoms with van der Waals surface area (Å²) in [6, 6.07) is 0.400. The molecule has 2 atom stereocenters. The standard InChI is InChI=1S/C20H25N5O/c1-4-5-9-20(23-24-20)10-8-18(26)25-14-6-7-17(25)15-12-21-19(13(2)3)22-16(15)11-14/h1,12-14,17H,5-11H2,2-3H3. The Morgan fingerprint density at radius 2 is 2.19 bits per heavy atom. The molecule has 136 valence electrons. The fourth-order valence-electron chi connectivity index (χ4n) is 4.26. The van der Waals surface area contributed by atoms with Gasteiger partial charge >= 0.3 is 0 Å². The zero-order chi connectivity index (χ0) is 18.3. The van der Waals surface area contributed by atoms with Crippen LogP contribution < -0.4 is 0 Å². The van der Waals surface area contributed by atoms with Gasteiger partial charge in [0.15, 0.2) is 5.66 Å². The largest absolute Gasteiger partial charge is 0.332 e. The van der Waals surface area contributed by atoms with E-state index >= 15 is 0 Å². The molecule has 4 heterocycles. The van der Waals surface area contributed by atoms with Crippen LogP contribution in [-0.2, 0) is 11.2 Å². The monoisotopic (exact) mass is 351 g/mol. The number of hydrogen-bond donors (Lipinski definition) is 0. The van der Waals surface area contributed by atoms with Crippen LogP contribution in [0.25, 0.3) is 0 Å². The second-order valence-corrected chi connectivity index (χ2v) is 7.92. The molecule has 6 nitrogen and oxygen atoms in total. The highest BCUT2D eigenvalue weighted by Gasteiger charge is 2.45. The molecule has 1 aromatic rings. The van der Waals surface area contributed by atoms with Gasteiger partial charge < -0.3 is 4.90 Å². The first-order valence-corrected chi connectivity index (χ1v) is 9.57. The minimum atomic E-state index is -0.385. The van der Waals surface area contributed by atoms with Crippen molar-refractivity contribution in [1.29, 1.82) is 0 Å². The van der Waals surface area contributed by atoms with Crippen LogP contribution in [0.3, 0.4) is 0 Å². The molecule has 6 heteroatoms. The van der Waals surface area contributed by atoms with Crippen LogP contribution in [0.5, 0.6) is 0 Å². The SMILES string of the molecule is C#CCCC1(CCC(=O)N2C3CCC2c2cnc(C(C)C)nc2C3)N=N1. The summed E-state index contributed by atoms with van der Waals surface area (Å²) in [5.41, 5.74) is 1.89. The van der Waals surface area contributed by atoms with E-state index < -0.39 is 0 Å². The van der Waals surface area contributed by atoms with Crippen LogP contribution in [0.15, 0.2) is 16.4 Å². The van der Waals surface area contributed by atoms with E-state index in [9.17, 15) is 4.79 Å². The molecule has 0 aromatic carbocycles. The minimum Gasteiger partial charge on any atom is -0.332 e. The Morgan fingerprint density at radius 1 is 1.38 bits per heavy atom. The Bertz CT molecular complexity index is 788. The van der Waals surface area contributed by atoms with Crippen LogP contribution in [0.1, 0.15) is 81.4 Å². The van der Waals surface area contributed by atoms with Crippen LogP contribution >= 0.6 is 0 Å². The number of carbonyl (C=O) groups is 1. The third kappa shape index (κ3) is 3.00. The molecule has 3 aliphatic heterocycles. The number of aromatic nitrogens is 2. The van der Waals surface area contributed by atoms with Gasteiger partial charge in [0.25, 0.3) is 0 Å². The van der Waals surface area contributed by atoms with Gasteiger partial charge in [0.2, 0.25) is 5.91 Å². The Balaban J connectivity index is 1.45.